The Labute approximate surface area is 101 Å². The number of rotatable bonds is 6. The quantitative estimate of drug-likeness (QED) is 0.713. The lowest BCUT2D eigenvalue weighted by Gasteiger charge is -2.23. The second-order valence-corrected chi connectivity index (χ2v) is 7.11. The van der Waals surface area contributed by atoms with Crippen molar-refractivity contribution < 1.29 is 23.1 Å². The number of hydrogen-bond donors (Lipinski definition) is 2. The summed E-state index contributed by atoms with van der Waals surface area (Å²) in [5, 5.41) is 9.94. The summed E-state index contributed by atoms with van der Waals surface area (Å²) in [6.07, 6.45) is 0.681. The van der Waals surface area contributed by atoms with Gasteiger partial charge in [-0.25, -0.2) is 8.42 Å². The molecule has 0 aromatic rings. The Morgan fingerprint density at radius 3 is 2.18 bits per heavy atom. The molecule has 0 aliphatic carbocycles. The fraction of sp³-hybridized carbons (Fsp3) is 0.800. The summed E-state index contributed by atoms with van der Waals surface area (Å²) in [7, 11) is -4.08. The molecule has 0 rings (SSSR count). The van der Waals surface area contributed by atoms with E-state index in [0.29, 0.717) is 13.0 Å². The van der Waals surface area contributed by atoms with E-state index in [-0.39, 0.29) is 0 Å². The number of hydrogen-bond acceptors (Lipinski definition) is 4. The summed E-state index contributed by atoms with van der Waals surface area (Å²) >= 11 is 0. The molecule has 1 amide bonds. The molecule has 0 fully saturated rings. The largest absolute Gasteiger partial charge is 0.480 e. The van der Waals surface area contributed by atoms with Crippen molar-refractivity contribution in [2.24, 2.45) is 0 Å². The Morgan fingerprint density at radius 1 is 1.35 bits per heavy atom. The number of carboxylic acids is 1. The predicted molar refractivity (Wildman–Crippen MR) is 63.4 cm³/mol. The van der Waals surface area contributed by atoms with Crippen molar-refractivity contribution >= 4 is 21.7 Å². The average molecular weight is 265 g/mol. The maximum Gasteiger partial charge on any atom is 0.324 e. The second kappa shape index (κ2) is 5.48. The number of carbonyl (C=O) groups is 2. The molecule has 1 atom stereocenters. The fourth-order valence-electron chi connectivity index (χ4n) is 1.10. The summed E-state index contributed by atoms with van der Waals surface area (Å²) in [4.78, 5) is 22.4. The van der Waals surface area contributed by atoms with E-state index >= 15 is 0 Å². The van der Waals surface area contributed by atoms with E-state index in [9.17, 15) is 18.0 Å². The molecule has 6 nitrogen and oxygen atoms in total. The molecule has 1 unspecified atom stereocenters. The van der Waals surface area contributed by atoms with Gasteiger partial charge in [0.2, 0.25) is 5.91 Å². The van der Waals surface area contributed by atoms with Crippen LogP contribution in [0.3, 0.4) is 0 Å². The normalized spacial score (nSPS) is 14.1. The standard InChI is InChI=1S/C10H19NO5S/c1-5-6-11-8(12)7(2)17(15,16)10(3,4)9(13)14/h7H,5-6H2,1-4H3,(H,11,12)(H,13,14). The zero-order valence-electron chi connectivity index (χ0n) is 10.5. The highest BCUT2D eigenvalue weighted by molar-refractivity contribution is 7.94. The van der Waals surface area contributed by atoms with Gasteiger partial charge < -0.3 is 10.4 Å². The fourth-order valence-corrected chi connectivity index (χ4v) is 2.59. The van der Waals surface area contributed by atoms with Crippen LogP contribution in [0.15, 0.2) is 0 Å². The molecule has 0 heterocycles. The Bertz CT molecular complexity index is 399. The van der Waals surface area contributed by atoms with Gasteiger partial charge in [0.1, 0.15) is 5.25 Å². The Balaban J connectivity index is 5.08. The SMILES string of the molecule is CCCNC(=O)C(C)S(=O)(=O)C(C)(C)C(=O)O. The third-order valence-electron chi connectivity index (χ3n) is 2.61. The molecule has 100 valence electrons. The smallest absolute Gasteiger partial charge is 0.324 e. The van der Waals surface area contributed by atoms with Crippen LogP contribution in [0.1, 0.15) is 34.1 Å². The van der Waals surface area contributed by atoms with Gasteiger partial charge in [0.15, 0.2) is 14.6 Å². The maximum absolute atomic E-state index is 12.0. The molecule has 0 aromatic carbocycles. The molecule has 7 heteroatoms. The molecular formula is C10H19NO5S. The van der Waals surface area contributed by atoms with Crippen LogP contribution in [0.5, 0.6) is 0 Å². The lowest BCUT2D eigenvalue weighted by Crippen LogP contribution is -2.50. The minimum Gasteiger partial charge on any atom is -0.480 e. The highest BCUT2D eigenvalue weighted by Gasteiger charge is 2.47. The Kier molecular flexibility index (Phi) is 5.12. The molecule has 0 saturated carbocycles. The number of carboxylic acid groups (broad SMARTS) is 1. The third-order valence-corrected chi connectivity index (χ3v) is 5.35. The average Bonchev–Trinajstić information content (AvgIpc) is 2.24. The summed E-state index contributed by atoms with van der Waals surface area (Å²) in [5.74, 6) is -2.13. The van der Waals surface area contributed by atoms with E-state index in [0.717, 1.165) is 13.8 Å². The number of amides is 1. The van der Waals surface area contributed by atoms with Crippen molar-refractivity contribution in [3.8, 4) is 0 Å². The summed E-state index contributed by atoms with van der Waals surface area (Å²) < 4.78 is 21.9. The van der Waals surface area contributed by atoms with Gasteiger partial charge >= 0.3 is 5.97 Å². The third kappa shape index (κ3) is 3.18. The van der Waals surface area contributed by atoms with Gasteiger partial charge in [-0.2, -0.15) is 0 Å². The minimum atomic E-state index is -4.08. The number of aliphatic carboxylic acids is 1. The van der Waals surface area contributed by atoms with Crippen LogP contribution >= 0.6 is 0 Å². The Hall–Kier alpha value is -1.11. The van der Waals surface area contributed by atoms with Gasteiger partial charge in [0.05, 0.1) is 0 Å². The van der Waals surface area contributed by atoms with Crippen LogP contribution in [0, 0.1) is 0 Å². The van der Waals surface area contributed by atoms with Gasteiger partial charge in [-0.15, -0.1) is 0 Å². The lowest BCUT2D eigenvalue weighted by atomic mass is 10.2. The zero-order chi connectivity index (χ0) is 13.9. The first kappa shape index (κ1) is 15.9. The maximum atomic E-state index is 12.0. The van der Waals surface area contributed by atoms with Crippen molar-refractivity contribution in [1.29, 1.82) is 0 Å². The number of nitrogens with one attached hydrogen (secondary N) is 1. The van der Waals surface area contributed by atoms with Crippen LogP contribution in [0.2, 0.25) is 0 Å². The lowest BCUT2D eigenvalue weighted by molar-refractivity contribution is -0.139. The van der Waals surface area contributed by atoms with Crippen LogP contribution < -0.4 is 5.32 Å². The highest BCUT2D eigenvalue weighted by atomic mass is 32.2. The number of carbonyl (C=O) groups excluding carboxylic acids is 1. The van der Waals surface area contributed by atoms with Gasteiger partial charge in [0.25, 0.3) is 0 Å². The highest BCUT2D eigenvalue weighted by Crippen LogP contribution is 2.22. The van der Waals surface area contributed by atoms with Crippen molar-refractivity contribution in [1.82, 2.24) is 5.32 Å². The van der Waals surface area contributed by atoms with Crippen LogP contribution in [-0.4, -0.2) is 41.9 Å². The molecule has 2 N–H and O–H groups in total. The van der Waals surface area contributed by atoms with E-state index in [1.807, 2.05) is 6.92 Å². The topological polar surface area (TPSA) is 101 Å². The molecule has 0 radical (unpaired) electrons. The molecule has 0 bridgehead atoms. The monoisotopic (exact) mass is 265 g/mol. The second-order valence-electron chi connectivity index (χ2n) is 4.29. The van der Waals surface area contributed by atoms with E-state index in [1.54, 1.807) is 0 Å². The zero-order valence-corrected chi connectivity index (χ0v) is 11.3. The van der Waals surface area contributed by atoms with Gasteiger partial charge in [-0.1, -0.05) is 6.92 Å². The molecular weight excluding hydrogens is 246 g/mol. The van der Waals surface area contributed by atoms with E-state index < -0.39 is 31.7 Å². The molecule has 0 aromatic heterocycles. The van der Waals surface area contributed by atoms with E-state index in [1.165, 1.54) is 6.92 Å². The summed E-state index contributed by atoms with van der Waals surface area (Å²) in [6, 6.07) is 0. The molecule has 17 heavy (non-hydrogen) atoms. The van der Waals surface area contributed by atoms with Crippen LogP contribution in [0.25, 0.3) is 0 Å². The molecule has 0 aliphatic heterocycles. The van der Waals surface area contributed by atoms with Crippen molar-refractivity contribution in [2.75, 3.05) is 6.54 Å². The van der Waals surface area contributed by atoms with Gasteiger partial charge in [0, 0.05) is 6.54 Å². The summed E-state index contributed by atoms with van der Waals surface area (Å²) in [6.45, 7) is 5.56. The Morgan fingerprint density at radius 2 is 1.82 bits per heavy atom. The van der Waals surface area contributed by atoms with Crippen LogP contribution in [-0.2, 0) is 19.4 Å². The molecule has 0 spiro atoms. The van der Waals surface area contributed by atoms with E-state index in [4.69, 9.17) is 5.11 Å². The van der Waals surface area contributed by atoms with Crippen molar-refractivity contribution in [3.63, 3.8) is 0 Å². The number of sulfone groups is 1. The first-order chi connectivity index (χ1) is 7.59. The summed E-state index contributed by atoms with van der Waals surface area (Å²) in [5.41, 5.74) is 0. The molecule has 0 aliphatic rings. The van der Waals surface area contributed by atoms with Gasteiger partial charge in [-0.05, 0) is 27.2 Å². The molecule has 0 saturated heterocycles. The van der Waals surface area contributed by atoms with Gasteiger partial charge in [-0.3, -0.25) is 9.59 Å². The first-order valence-electron chi connectivity index (χ1n) is 5.33. The van der Waals surface area contributed by atoms with Crippen LogP contribution in [0.4, 0.5) is 0 Å². The first-order valence-corrected chi connectivity index (χ1v) is 6.88. The van der Waals surface area contributed by atoms with E-state index in [2.05, 4.69) is 5.32 Å². The van der Waals surface area contributed by atoms with Crippen molar-refractivity contribution in [2.45, 2.75) is 44.1 Å². The van der Waals surface area contributed by atoms with Crippen molar-refractivity contribution in [3.05, 3.63) is 0 Å². The predicted octanol–water partition coefficient (Wildman–Crippen LogP) is 0.179. The minimum absolute atomic E-state index is 0.367.